The third-order valence-electron chi connectivity index (χ3n) is 12.2. The Morgan fingerprint density at radius 1 is 0.553 bits per heavy atom. The number of hydrogen-bond acceptors (Lipinski definition) is 24. The summed E-state index contributed by atoms with van der Waals surface area (Å²) in [7, 11) is 0.102. The third kappa shape index (κ3) is 12.4. The van der Waals surface area contributed by atoms with E-state index in [1.165, 1.54) is 103 Å². The number of halogens is 2. The van der Waals surface area contributed by atoms with Crippen molar-refractivity contribution in [1.29, 1.82) is 0 Å². The molecular weight excluding hydrogens is 1080 g/mol. The molecule has 2 saturated heterocycles. The van der Waals surface area contributed by atoms with Crippen LogP contribution in [0.5, 0.6) is 23.5 Å². The highest BCUT2D eigenvalue weighted by molar-refractivity contribution is 7.93. The minimum Gasteiger partial charge on any atom is -0.479 e. The molecule has 0 bridgehead atoms. The van der Waals surface area contributed by atoms with Crippen LogP contribution in [0.15, 0.2) is 37.4 Å². The van der Waals surface area contributed by atoms with Gasteiger partial charge in [-0.3, -0.25) is 18.6 Å². The predicted octanol–water partition coefficient (Wildman–Crippen LogP) is 5.33. The highest BCUT2D eigenvalue weighted by atomic mass is 35.5. The molecule has 412 valence electrons. The van der Waals surface area contributed by atoms with Crippen LogP contribution in [0.25, 0.3) is 11.4 Å². The van der Waals surface area contributed by atoms with E-state index in [-0.39, 0.29) is 58.4 Å². The highest BCUT2D eigenvalue weighted by Gasteiger charge is 2.42. The number of nitrogens with zero attached hydrogens (tertiary/aromatic N) is 14. The monoisotopic (exact) mass is 1140 g/mol. The van der Waals surface area contributed by atoms with Crippen molar-refractivity contribution < 1.29 is 54.7 Å². The molecule has 2 N–H and O–H groups in total. The summed E-state index contributed by atoms with van der Waals surface area (Å²) in [5.41, 5.74) is -0.385. The van der Waals surface area contributed by atoms with Crippen molar-refractivity contribution in [2.45, 2.75) is 113 Å². The molecule has 8 heterocycles. The number of nitrogens with one attached hydrogen (secondary N) is 2. The lowest BCUT2D eigenvalue weighted by Gasteiger charge is -2.23. The van der Waals surface area contributed by atoms with E-state index in [1.54, 1.807) is 0 Å². The Morgan fingerprint density at radius 2 is 0.868 bits per heavy atom. The second kappa shape index (κ2) is 23.5. The smallest absolute Gasteiger partial charge is 0.245 e. The zero-order chi connectivity index (χ0) is 55.3. The van der Waals surface area contributed by atoms with Gasteiger partial charge in [-0.15, -0.1) is 20.4 Å². The van der Waals surface area contributed by atoms with Gasteiger partial charge in [-0.2, -0.15) is 19.9 Å². The molecule has 6 aromatic heterocycles. The van der Waals surface area contributed by atoms with E-state index in [1.807, 2.05) is 27.7 Å². The summed E-state index contributed by atoms with van der Waals surface area (Å²) >= 11 is 11.8. The first-order chi connectivity index (χ1) is 36.0. The van der Waals surface area contributed by atoms with Gasteiger partial charge in [0.2, 0.25) is 55.5 Å². The summed E-state index contributed by atoms with van der Waals surface area (Å²) in [6.45, 7) is 10.8. The Hall–Kier alpha value is -6.28. The quantitative estimate of drug-likeness (QED) is 0.0975. The van der Waals surface area contributed by atoms with E-state index < -0.39 is 66.2 Å². The summed E-state index contributed by atoms with van der Waals surface area (Å²) < 4.78 is 107. The number of hydrogen-bond donors (Lipinski definition) is 2. The summed E-state index contributed by atoms with van der Waals surface area (Å²) in [5, 5.41) is 15.2. The van der Waals surface area contributed by atoms with Crippen molar-refractivity contribution in [3.05, 3.63) is 70.8 Å². The average molecular weight is 1140 g/mol. The number of anilines is 2. The molecule has 32 heteroatoms. The number of aromatic nitrogens is 14. The largest absolute Gasteiger partial charge is 0.479 e. The minimum atomic E-state index is -4.16. The Morgan fingerprint density at radius 3 is 1.13 bits per heavy atom. The molecule has 0 aromatic carbocycles. The Kier molecular flexibility index (Phi) is 17.8. The summed E-state index contributed by atoms with van der Waals surface area (Å²) in [6.07, 6.45) is 7.77. The fourth-order valence-electron chi connectivity index (χ4n) is 8.30. The van der Waals surface area contributed by atoms with Gasteiger partial charge in [-0.1, -0.05) is 23.2 Å². The lowest BCUT2D eigenvalue weighted by atomic mass is 10.1. The van der Waals surface area contributed by atoms with E-state index in [2.05, 4.69) is 69.7 Å². The third-order valence-corrected chi connectivity index (χ3v) is 16.0. The Bertz CT molecular complexity index is 2940. The molecule has 6 aromatic rings. The number of ether oxygens (including phenoxy) is 8. The van der Waals surface area contributed by atoms with Crippen molar-refractivity contribution in [2.24, 2.45) is 0 Å². The molecular formula is C44H58Cl2N16O12S2. The van der Waals surface area contributed by atoms with Crippen LogP contribution < -0.4 is 28.4 Å². The SMILES string of the molecule is COc1ncnc(OC)c1-n1c(NS(=O)(=O)[C@@H](C)[C@H](OC)c2ncc(Cl)cn2)nnc1[C@@H]1CCC(C)(C)O1.COc1ncnc(OC)c1-n1c(NS(=O)(=O)[C@@H](C)[C@H](OC)c2ncc(Cl)cn2)nnc1[C@H]1CCC(C)(C)O1. The van der Waals surface area contributed by atoms with Gasteiger partial charge in [-0.05, 0) is 67.2 Å². The maximum Gasteiger partial charge on any atom is 0.245 e. The molecule has 28 nitrogen and oxygen atoms in total. The van der Waals surface area contributed by atoms with Gasteiger partial charge in [0.15, 0.2) is 34.7 Å². The topological polar surface area (TPSA) is 331 Å². The first-order valence-electron chi connectivity index (χ1n) is 23.2. The fourth-order valence-corrected chi connectivity index (χ4v) is 10.8. The summed E-state index contributed by atoms with van der Waals surface area (Å²) in [4.78, 5) is 33.1. The summed E-state index contributed by atoms with van der Waals surface area (Å²) in [5.74, 6) is 1.16. The second-order valence-corrected chi connectivity index (χ2v) is 23.2. The highest BCUT2D eigenvalue weighted by Crippen LogP contribution is 2.44. The van der Waals surface area contributed by atoms with Crippen LogP contribution in [0, 0.1) is 0 Å². The maximum absolute atomic E-state index is 13.6. The van der Waals surface area contributed by atoms with Crippen LogP contribution in [0.3, 0.4) is 0 Å². The van der Waals surface area contributed by atoms with Crippen LogP contribution in [0.1, 0.15) is 115 Å². The van der Waals surface area contributed by atoms with Crippen LogP contribution in [-0.2, 0) is 39.0 Å². The van der Waals surface area contributed by atoms with Gasteiger partial charge in [0, 0.05) is 39.0 Å². The zero-order valence-electron chi connectivity index (χ0n) is 43.5. The van der Waals surface area contributed by atoms with Crippen molar-refractivity contribution in [2.75, 3.05) is 52.1 Å². The van der Waals surface area contributed by atoms with Gasteiger partial charge < -0.3 is 37.9 Å². The van der Waals surface area contributed by atoms with Gasteiger partial charge in [0.25, 0.3) is 0 Å². The molecule has 2 aliphatic heterocycles. The normalized spacial score (nSPS) is 18.7. The standard InChI is InChI=1S/2C22H29ClN8O6S/c2*1-12(16(34-4)17-24-9-13(23)10-25-17)38(32,33)30-21-29-28-18(14-7-8-22(2,3)37-14)31(21)15-19(35-5)26-11-27-20(15)36-6/h2*9-12,14,16H,7-8H2,1-6H3,(H,29,30)/t12-,14+,16-;12-,14-,16-/m00/s1. The maximum atomic E-state index is 13.6. The van der Waals surface area contributed by atoms with Gasteiger partial charge in [0.05, 0.1) is 49.7 Å². The second-order valence-electron chi connectivity index (χ2n) is 18.3. The van der Waals surface area contributed by atoms with Crippen LogP contribution in [0.4, 0.5) is 11.9 Å². The van der Waals surface area contributed by atoms with E-state index in [0.717, 1.165) is 12.8 Å². The number of methoxy groups -OCH3 is 6. The van der Waals surface area contributed by atoms with Crippen LogP contribution in [-0.4, -0.2) is 151 Å². The van der Waals surface area contributed by atoms with Gasteiger partial charge >= 0.3 is 0 Å². The van der Waals surface area contributed by atoms with E-state index in [4.69, 9.17) is 61.1 Å². The Labute approximate surface area is 448 Å². The molecule has 6 atom stereocenters. The molecule has 0 radical (unpaired) electrons. The number of sulfonamides is 2. The molecule has 2 aliphatic rings. The van der Waals surface area contributed by atoms with Crippen LogP contribution >= 0.6 is 23.2 Å². The van der Waals surface area contributed by atoms with E-state index in [9.17, 15) is 16.8 Å². The van der Waals surface area contributed by atoms with Crippen LogP contribution in [0.2, 0.25) is 10.0 Å². The van der Waals surface area contributed by atoms with Crippen molar-refractivity contribution in [1.82, 2.24) is 69.4 Å². The molecule has 2 fully saturated rings. The number of rotatable bonds is 20. The molecule has 8 rings (SSSR count). The summed E-state index contributed by atoms with van der Waals surface area (Å²) in [6, 6.07) is 0. The predicted molar refractivity (Wildman–Crippen MR) is 272 cm³/mol. The minimum absolute atomic E-state index is 0.119. The molecule has 0 amide bonds. The molecule has 0 saturated carbocycles. The molecule has 0 spiro atoms. The average Bonchev–Trinajstić information content (AvgIpc) is 4.21. The molecule has 0 aliphatic carbocycles. The van der Waals surface area contributed by atoms with Crippen molar-refractivity contribution in [3.63, 3.8) is 0 Å². The lowest BCUT2D eigenvalue weighted by molar-refractivity contribution is -0.0210. The van der Waals surface area contributed by atoms with Crippen molar-refractivity contribution >= 4 is 55.1 Å². The molecule has 76 heavy (non-hydrogen) atoms. The Balaban J connectivity index is 0.000000221. The van der Waals surface area contributed by atoms with Gasteiger partial charge in [0.1, 0.15) is 47.6 Å². The first-order valence-corrected chi connectivity index (χ1v) is 27.0. The first kappa shape index (κ1) is 57.4. The van der Waals surface area contributed by atoms with E-state index in [0.29, 0.717) is 34.5 Å². The van der Waals surface area contributed by atoms with Gasteiger partial charge in [-0.25, -0.2) is 36.8 Å². The molecule has 0 unspecified atom stereocenters. The lowest BCUT2D eigenvalue weighted by Crippen LogP contribution is -2.33. The van der Waals surface area contributed by atoms with Crippen molar-refractivity contribution in [3.8, 4) is 34.9 Å². The fraction of sp³-hybridized carbons (Fsp3) is 0.545. The zero-order valence-corrected chi connectivity index (χ0v) is 46.6. The van der Waals surface area contributed by atoms with E-state index >= 15 is 0 Å².